The lowest BCUT2D eigenvalue weighted by molar-refractivity contribution is 0.415. The summed E-state index contributed by atoms with van der Waals surface area (Å²) in [5, 5.41) is 9.90. The number of halogens is 1. The van der Waals surface area contributed by atoms with E-state index in [-0.39, 0.29) is 0 Å². The molecule has 0 atom stereocenters. The summed E-state index contributed by atoms with van der Waals surface area (Å²) in [6, 6.07) is 15.2. The molecule has 3 rings (SSSR count). The molecule has 0 aliphatic heterocycles. The molecule has 1 heterocycles. The molecule has 0 spiro atoms. The van der Waals surface area contributed by atoms with Gasteiger partial charge in [-0.05, 0) is 35.9 Å². The van der Waals surface area contributed by atoms with Crippen LogP contribution in [0.15, 0.2) is 42.5 Å². The van der Waals surface area contributed by atoms with Gasteiger partial charge < -0.3 is 9.72 Å². The fourth-order valence-corrected chi connectivity index (χ4v) is 2.44. The third-order valence-electron chi connectivity index (χ3n) is 3.25. The van der Waals surface area contributed by atoms with Crippen molar-refractivity contribution >= 4 is 34.3 Å². The van der Waals surface area contributed by atoms with E-state index in [9.17, 15) is 5.26 Å². The van der Waals surface area contributed by atoms with Crippen LogP contribution in [-0.2, 0) is 0 Å². The van der Waals surface area contributed by atoms with Gasteiger partial charge in [-0.3, -0.25) is 0 Å². The third kappa shape index (κ3) is 2.67. The number of nitriles is 1. The molecule has 0 saturated carbocycles. The molecule has 0 saturated heterocycles. The molecule has 0 bridgehead atoms. The van der Waals surface area contributed by atoms with Crippen LogP contribution in [0.1, 0.15) is 11.4 Å². The number of para-hydroxylation sites is 2. The average molecular weight is 310 g/mol. The molecular formula is C17H12ClN3O. The van der Waals surface area contributed by atoms with Gasteiger partial charge >= 0.3 is 0 Å². The number of allylic oxidation sites excluding steroid dienone is 1. The minimum absolute atomic E-state index is 0.442. The number of ether oxygens (including phenoxy) is 1. The average Bonchev–Trinajstić information content (AvgIpc) is 2.96. The molecule has 22 heavy (non-hydrogen) atoms. The number of H-pyrrole nitrogens is 1. The molecule has 0 amide bonds. The van der Waals surface area contributed by atoms with E-state index in [1.54, 1.807) is 25.3 Å². The fraction of sp³-hybridized carbons (Fsp3) is 0.0588. The van der Waals surface area contributed by atoms with Crippen molar-refractivity contribution in [2.45, 2.75) is 0 Å². The first-order valence-electron chi connectivity index (χ1n) is 6.61. The second kappa shape index (κ2) is 5.92. The first-order valence-corrected chi connectivity index (χ1v) is 6.99. The Kier molecular flexibility index (Phi) is 3.82. The highest BCUT2D eigenvalue weighted by atomic mass is 35.5. The van der Waals surface area contributed by atoms with E-state index in [0.29, 0.717) is 22.2 Å². The van der Waals surface area contributed by atoms with Crippen LogP contribution in [0.5, 0.6) is 5.75 Å². The van der Waals surface area contributed by atoms with Crippen LogP contribution in [0.25, 0.3) is 22.7 Å². The number of rotatable bonds is 3. The number of hydrogen-bond acceptors (Lipinski definition) is 3. The lowest BCUT2D eigenvalue weighted by Crippen LogP contribution is -1.87. The predicted octanol–water partition coefficient (Wildman–Crippen LogP) is 4.29. The molecule has 4 nitrogen and oxygen atoms in total. The summed E-state index contributed by atoms with van der Waals surface area (Å²) in [6.45, 7) is 0. The van der Waals surface area contributed by atoms with E-state index in [0.717, 1.165) is 16.6 Å². The highest BCUT2D eigenvalue weighted by Gasteiger charge is 2.08. The smallest absolute Gasteiger partial charge is 0.149 e. The molecule has 0 aliphatic rings. The van der Waals surface area contributed by atoms with Gasteiger partial charge in [-0.1, -0.05) is 29.8 Å². The van der Waals surface area contributed by atoms with E-state index in [1.807, 2.05) is 30.3 Å². The Morgan fingerprint density at radius 1 is 1.32 bits per heavy atom. The first-order chi connectivity index (χ1) is 10.7. The standard InChI is InChI=1S/C17H12ClN3O/c1-22-16-7-6-11(9-13(16)18)8-12(10-19)17-20-14-4-2-3-5-15(14)21-17/h2-9H,1H3,(H,20,21)/b12-8+. The quantitative estimate of drug-likeness (QED) is 0.734. The van der Waals surface area contributed by atoms with Crippen molar-refractivity contribution in [1.82, 2.24) is 9.97 Å². The zero-order chi connectivity index (χ0) is 15.5. The Balaban J connectivity index is 2.03. The van der Waals surface area contributed by atoms with Gasteiger partial charge in [-0.25, -0.2) is 4.98 Å². The van der Waals surface area contributed by atoms with Crippen molar-refractivity contribution in [3.63, 3.8) is 0 Å². The van der Waals surface area contributed by atoms with Crippen molar-refractivity contribution in [3.05, 3.63) is 58.9 Å². The van der Waals surface area contributed by atoms with Crippen molar-refractivity contribution in [3.8, 4) is 11.8 Å². The zero-order valence-corrected chi connectivity index (χ0v) is 12.6. The Labute approximate surface area is 132 Å². The number of imidazole rings is 1. The number of aromatic nitrogens is 2. The Morgan fingerprint density at radius 2 is 2.14 bits per heavy atom. The SMILES string of the molecule is COc1ccc(/C=C(\C#N)c2nc3ccccc3[nH]2)cc1Cl. The van der Waals surface area contributed by atoms with Crippen molar-refractivity contribution in [1.29, 1.82) is 5.26 Å². The van der Waals surface area contributed by atoms with Gasteiger partial charge in [-0.15, -0.1) is 0 Å². The summed E-state index contributed by atoms with van der Waals surface area (Å²) in [7, 11) is 1.56. The highest BCUT2D eigenvalue weighted by Crippen LogP contribution is 2.27. The van der Waals surface area contributed by atoms with Crippen LogP contribution in [0.3, 0.4) is 0 Å². The molecule has 1 aromatic heterocycles. The Morgan fingerprint density at radius 3 is 2.82 bits per heavy atom. The number of hydrogen-bond donors (Lipinski definition) is 1. The maximum absolute atomic E-state index is 9.40. The Hall–Kier alpha value is -2.77. The van der Waals surface area contributed by atoms with Gasteiger partial charge in [0.15, 0.2) is 0 Å². The molecular weight excluding hydrogens is 298 g/mol. The van der Waals surface area contributed by atoms with Crippen molar-refractivity contribution < 1.29 is 4.74 Å². The molecule has 0 radical (unpaired) electrons. The van der Waals surface area contributed by atoms with Gasteiger partial charge in [0.25, 0.3) is 0 Å². The van der Waals surface area contributed by atoms with Crippen LogP contribution in [-0.4, -0.2) is 17.1 Å². The maximum atomic E-state index is 9.40. The summed E-state index contributed by atoms with van der Waals surface area (Å²) < 4.78 is 5.12. The first kappa shape index (κ1) is 14.2. The van der Waals surface area contributed by atoms with Gasteiger partial charge in [0.2, 0.25) is 0 Å². The van der Waals surface area contributed by atoms with Gasteiger partial charge in [0, 0.05) is 0 Å². The number of benzene rings is 2. The summed E-state index contributed by atoms with van der Waals surface area (Å²) >= 11 is 6.11. The van der Waals surface area contributed by atoms with Crippen LogP contribution in [0, 0.1) is 11.3 Å². The largest absolute Gasteiger partial charge is 0.495 e. The van der Waals surface area contributed by atoms with Gasteiger partial charge in [0.1, 0.15) is 17.6 Å². The highest BCUT2D eigenvalue weighted by molar-refractivity contribution is 6.32. The monoisotopic (exact) mass is 309 g/mol. The number of methoxy groups -OCH3 is 1. The van der Waals surface area contributed by atoms with Crippen LogP contribution < -0.4 is 4.74 Å². The molecule has 0 fully saturated rings. The normalized spacial score (nSPS) is 11.4. The molecule has 3 aromatic rings. The second-order valence-electron chi connectivity index (χ2n) is 4.67. The molecule has 0 unspecified atom stereocenters. The topological polar surface area (TPSA) is 61.7 Å². The molecule has 1 N–H and O–H groups in total. The molecule has 0 aliphatic carbocycles. The van der Waals surface area contributed by atoms with Gasteiger partial charge in [-0.2, -0.15) is 5.26 Å². The van der Waals surface area contributed by atoms with Crippen molar-refractivity contribution in [2.24, 2.45) is 0 Å². The van der Waals surface area contributed by atoms with Crippen LogP contribution in [0.4, 0.5) is 0 Å². The summed E-state index contributed by atoms with van der Waals surface area (Å²) in [4.78, 5) is 7.58. The second-order valence-corrected chi connectivity index (χ2v) is 5.07. The lowest BCUT2D eigenvalue weighted by Gasteiger charge is -2.03. The number of aromatic amines is 1. The molecule has 5 heteroatoms. The van der Waals surface area contributed by atoms with Crippen molar-refractivity contribution in [2.75, 3.05) is 7.11 Å². The maximum Gasteiger partial charge on any atom is 0.149 e. The van der Waals surface area contributed by atoms with E-state index >= 15 is 0 Å². The minimum atomic E-state index is 0.442. The summed E-state index contributed by atoms with van der Waals surface area (Å²) in [6.07, 6.45) is 1.74. The van der Waals surface area contributed by atoms with Gasteiger partial charge in [0.05, 0.1) is 28.7 Å². The Bertz CT molecular complexity index is 873. The van der Waals surface area contributed by atoms with E-state index in [4.69, 9.17) is 16.3 Å². The lowest BCUT2D eigenvalue weighted by atomic mass is 10.1. The number of fused-ring (bicyclic) bond motifs is 1. The summed E-state index contributed by atoms with van der Waals surface area (Å²) in [5.41, 5.74) is 2.97. The van der Waals surface area contributed by atoms with E-state index in [2.05, 4.69) is 16.0 Å². The van der Waals surface area contributed by atoms with E-state index in [1.165, 1.54) is 0 Å². The third-order valence-corrected chi connectivity index (χ3v) is 3.55. The van der Waals surface area contributed by atoms with Crippen LogP contribution in [0.2, 0.25) is 5.02 Å². The number of nitrogens with zero attached hydrogens (tertiary/aromatic N) is 2. The zero-order valence-electron chi connectivity index (χ0n) is 11.8. The number of nitrogens with one attached hydrogen (secondary N) is 1. The molecule has 108 valence electrons. The van der Waals surface area contributed by atoms with E-state index < -0.39 is 0 Å². The molecule has 2 aromatic carbocycles. The van der Waals surface area contributed by atoms with Crippen LogP contribution >= 0.6 is 11.6 Å². The fourth-order valence-electron chi connectivity index (χ4n) is 2.17. The minimum Gasteiger partial charge on any atom is -0.495 e. The predicted molar refractivity (Wildman–Crippen MR) is 87.6 cm³/mol. The summed E-state index contributed by atoms with van der Waals surface area (Å²) in [5.74, 6) is 1.14.